The number of aryl methyl sites for hydroxylation is 7. The highest BCUT2D eigenvalue weighted by molar-refractivity contribution is 6.20. The molecule has 11 aromatic rings. The van der Waals surface area contributed by atoms with Gasteiger partial charge in [0.05, 0.1) is 0 Å². The molecule has 0 spiro atoms. The molecule has 0 saturated carbocycles. The highest BCUT2D eigenvalue weighted by atomic mass is 16.3. The van der Waals surface area contributed by atoms with Crippen molar-refractivity contribution in [3.63, 3.8) is 0 Å². The summed E-state index contributed by atoms with van der Waals surface area (Å²) in [5, 5.41) is 9.00. The van der Waals surface area contributed by atoms with Gasteiger partial charge in [0.25, 0.3) is 0 Å². The molecule has 2 heterocycles. The van der Waals surface area contributed by atoms with E-state index in [1.165, 1.54) is 55.5 Å². The van der Waals surface area contributed by atoms with Crippen LogP contribution >= 0.6 is 0 Å². The molecule has 0 N–H and O–H groups in total. The van der Waals surface area contributed by atoms with Crippen LogP contribution in [0.25, 0.3) is 65.4 Å². The van der Waals surface area contributed by atoms with Gasteiger partial charge in [-0.15, -0.1) is 0 Å². The van der Waals surface area contributed by atoms with Crippen LogP contribution in [0.1, 0.15) is 38.9 Å². The van der Waals surface area contributed by atoms with Crippen LogP contribution in [-0.2, 0) is 0 Å². The predicted octanol–water partition coefficient (Wildman–Crippen LogP) is 16.9. The number of furan rings is 2. The van der Waals surface area contributed by atoms with Crippen LogP contribution in [0.4, 0.5) is 34.1 Å². The van der Waals surface area contributed by atoms with Crippen LogP contribution in [0.3, 0.4) is 0 Å². The standard InChI is InChI=1S/C57H46N2O2/c1-33-10-18-44(19-11-33)58(52-24-35(3)8-14-37(52)5)46-22-16-40-28-48-50-32-51-49-29-41-17-23-47(59(45-20-12-34(2)13-21-45)53-25-36(4)9-15-38(53)6)27-43(41)31-55(49)61-57(51)39(7)56(50)60-54(48)30-42(40)26-46/h8-32H,1-7H3. The van der Waals surface area contributed by atoms with Crippen molar-refractivity contribution in [1.82, 2.24) is 0 Å². The average molecular weight is 791 g/mol. The Morgan fingerprint density at radius 3 is 1.13 bits per heavy atom. The van der Waals surface area contributed by atoms with E-state index in [1.807, 2.05) is 0 Å². The van der Waals surface area contributed by atoms with Crippen molar-refractivity contribution in [1.29, 1.82) is 0 Å². The SMILES string of the molecule is Cc1ccc(N(c2ccc3cc4c(cc3c2)oc2c(C)c3oc5cc6cc(N(c7ccc(C)cc7)c7cc(C)ccc7C)ccc6cc5c3cc24)c2cc(C)ccc2C)cc1. The van der Waals surface area contributed by atoms with Gasteiger partial charge < -0.3 is 18.6 Å². The fourth-order valence-electron chi connectivity index (χ4n) is 9.22. The van der Waals surface area contributed by atoms with Crippen LogP contribution in [0, 0.1) is 48.5 Å². The lowest BCUT2D eigenvalue weighted by Gasteiger charge is -2.28. The summed E-state index contributed by atoms with van der Waals surface area (Å²) in [5.74, 6) is 0. The third kappa shape index (κ3) is 6.13. The quantitative estimate of drug-likeness (QED) is 0.168. The summed E-state index contributed by atoms with van der Waals surface area (Å²) < 4.78 is 13.5. The van der Waals surface area contributed by atoms with Crippen molar-refractivity contribution >= 4 is 99.5 Å². The van der Waals surface area contributed by atoms with E-state index in [4.69, 9.17) is 8.83 Å². The van der Waals surface area contributed by atoms with Gasteiger partial charge in [-0.25, -0.2) is 0 Å². The molecule has 2 aromatic heterocycles. The maximum atomic E-state index is 6.76. The first-order valence-corrected chi connectivity index (χ1v) is 21.1. The molecule has 4 heteroatoms. The van der Waals surface area contributed by atoms with Gasteiger partial charge in [0.15, 0.2) is 0 Å². The third-order valence-corrected chi connectivity index (χ3v) is 12.6. The summed E-state index contributed by atoms with van der Waals surface area (Å²) in [4.78, 5) is 4.73. The van der Waals surface area contributed by atoms with Gasteiger partial charge in [-0.05, 0) is 183 Å². The first-order valence-electron chi connectivity index (χ1n) is 21.1. The molecular formula is C57H46N2O2. The fraction of sp³-hybridized carbons (Fsp3) is 0.123. The number of rotatable bonds is 6. The van der Waals surface area contributed by atoms with Gasteiger partial charge in [0, 0.05) is 61.2 Å². The minimum atomic E-state index is 0.864. The minimum Gasteiger partial charge on any atom is -0.456 e. The van der Waals surface area contributed by atoms with Crippen LogP contribution < -0.4 is 9.80 Å². The minimum absolute atomic E-state index is 0.864. The van der Waals surface area contributed by atoms with Crippen LogP contribution in [0.2, 0.25) is 0 Å². The topological polar surface area (TPSA) is 32.8 Å². The smallest absolute Gasteiger partial charge is 0.142 e. The summed E-state index contributed by atoms with van der Waals surface area (Å²) in [6.07, 6.45) is 0. The van der Waals surface area contributed by atoms with Crippen LogP contribution in [-0.4, -0.2) is 0 Å². The van der Waals surface area contributed by atoms with E-state index in [0.29, 0.717) is 0 Å². The number of benzene rings is 9. The van der Waals surface area contributed by atoms with Gasteiger partial charge >= 0.3 is 0 Å². The molecule has 4 nitrogen and oxygen atoms in total. The predicted molar refractivity (Wildman–Crippen MR) is 259 cm³/mol. The molecule has 0 radical (unpaired) electrons. The Balaban J connectivity index is 1.03. The summed E-state index contributed by atoms with van der Waals surface area (Å²) in [6.45, 7) is 15.1. The summed E-state index contributed by atoms with van der Waals surface area (Å²) in [7, 11) is 0. The number of hydrogen-bond donors (Lipinski definition) is 0. The summed E-state index contributed by atoms with van der Waals surface area (Å²) in [5.41, 5.74) is 18.7. The van der Waals surface area contributed by atoms with E-state index >= 15 is 0 Å². The monoisotopic (exact) mass is 790 g/mol. The first kappa shape index (κ1) is 36.8. The van der Waals surface area contributed by atoms with E-state index in [0.717, 1.165) is 83.0 Å². The van der Waals surface area contributed by atoms with E-state index < -0.39 is 0 Å². The maximum Gasteiger partial charge on any atom is 0.142 e. The second-order valence-electron chi connectivity index (χ2n) is 17.1. The van der Waals surface area contributed by atoms with Crippen molar-refractivity contribution < 1.29 is 8.83 Å². The molecular weight excluding hydrogens is 745 g/mol. The van der Waals surface area contributed by atoms with E-state index in [1.54, 1.807) is 0 Å². The molecule has 0 saturated heterocycles. The Morgan fingerprint density at radius 2 is 0.705 bits per heavy atom. The van der Waals surface area contributed by atoms with Crippen LogP contribution in [0.5, 0.6) is 0 Å². The fourth-order valence-corrected chi connectivity index (χ4v) is 9.22. The summed E-state index contributed by atoms with van der Waals surface area (Å²) in [6, 6.07) is 55.7. The average Bonchev–Trinajstić information content (AvgIpc) is 3.80. The highest BCUT2D eigenvalue weighted by Gasteiger charge is 2.21. The van der Waals surface area contributed by atoms with Gasteiger partial charge in [-0.1, -0.05) is 71.8 Å². The zero-order valence-corrected chi connectivity index (χ0v) is 35.6. The number of fused-ring (bicyclic) bond motifs is 8. The summed E-state index contributed by atoms with van der Waals surface area (Å²) >= 11 is 0. The molecule has 61 heavy (non-hydrogen) atoms. The molecule has 0 bridgehead atoms. The number of hydrogen-bond acceptors (Lipinski definition) is 4. The molecule has 0 fully saturated rings. The zero-order valence-electron chi connectivity index (χ0n) is 35.6. The molecule has 0 unspecified atom stereocenters. The Bertz CT molecular complexity index is 3320. The lowest BCUT2D eigenvalue weighted by atomic mass is 10.0. The maximum absolute atomic E-state index is 6.76. The largest absolute Gasteiger partial charge is 0.456 e. The normalized spacial score (nSPS) is 11.9. The molecule has 0 amide bonds. The molecule has 0 aliphatic rings. The van der Waals surface area contributed by atoms with Crippen molar-refractivity contribution in [3.8, 4) is 0 Å². The molecule has 9 aromatic carbocycles. The lowest BCUT2D eigenvalue weighted by molar-refractivity contribution is 0.651. The first-order chi connectivity index (χ1) is 29.6. The highest BCUT2D eigenvalue weighted by Crippen LogP contribution is 2.45. The Morgan fingerprint density at radius 1 is 0.311 bits per heavy atom. The van der Waals surface area contributed by atoms with E-state index in [-0.39, 0.29) is 0 Å². The van der Waals surface area contributed by atoms with Gasteiger partial charge in [-0.3, -0.25) is 0 Å². The number of anilines is 6. The Kier molecular flexibility index (Phi) is 8.37. The second-order valence-corrected chi connectivity index (χ2v) is 17.1. The van der Waals surface area contributed by atoms with Crippen molar-refractivity contribution in [2.75, 3.05) is 9.80 Å². The second kappa shape index (κ2) is 13.9. The molecule has 0 aliphatic heterocycles. The zero-order chi connectivity index (χ0) is 41.7. The van der Waals surface area contributed by atoms with Gasteiger partial charge in [-0.2, -0.15) is 0 Å². The molecule has 11 rings (SSSR count). The molecule has 0 atom stereocenters. The Labute approximate surface area is 355 Å². The van der Waals surface area contributed by atoms with Crippen LogP contribution in [0.15, 0.2) is 160 Å². The third-order valence-electron chi connectivity index (χ3n) is 12.6. The molecule has 0 aliphatic carbocycles. The van der Waals surface area contributed by atoms with Gasteiger partial charge in [0.1, 0.15) is 22.3 Å². The van der Waals surface area contributed by atoms with Crippen molar-refractivity contribution in [2.45, 2.75) is 48.5 Å². The van der Waals surface area contributed by atoms with Crippen molar-refractivity contribution in [3.05, 3.63) is 191 Å². The van der Waals surface area contributed by atoms with E-state index in [2.05, 4.69) is 210 Å². The Hall–Kier alpha value is -7.30. The van der Waals surface area contributed by atoms with Crippen molar-refractivity contribution in [2.24, 2.45) is 0 Å². The molecule has 296 valence electrons. The lowest BCUT2D eigenvalue weighted by Crippen LogP contribution is -2.11. The van der Waals surface area contributed by atoms with Gasteiger partial charge in [0.2, 0.25) is 0 Å². The number of nitrogens with zero attached hydrogens (tertiary/aromatic N) is 2. The van der Waals surface area contributed by atoms with E-state index in [9.17, 15) is 0 Å².